The third kappa shape index (κ3) is 4.01. The summed E-state index contributed by atoms with van der Waals surface area (Å²) < 4.78 is 19.2. The Morgan fingerprint density at radius 2 is 1.78 bits per heavy atom. The lowest BCUT2D eigenvalue weighted by atomic mass is 10.1. The van der Waals surface area contributed by atoms with E-state index in [2.05, 4.69) is 31.9 Å². The molecule has 0 spiro atoms. The van der Waals surface area contributed by atoms with Crippen LogP contribution in [0.3, 0.4) is 0 Å². The number of aromatic nitrogens is 2. The fourth-order valence-electron chi connectivity index (χ4n) is 3.50. The maximum Gasteiger partial charge on any atom is 0.140 e. The highest BCUT2D eigenvalue weighted by atomic mass is 19.1. The second-order valence-corrected chi connectivity index (χ2v) is 6.70. The zero-order valence-corrected chi connectivity index (χ0v) is 15.4. The Balaban J connectivity index is 1.41. The summed E-state index contributed by atoms with van der Waals surface area (Å²) in [6.45, 7) is 7.19. The Labute approximate surface area is 158 Å². The van der Waals surface area contributed by atoms with Gasteiger partial charge in [0.1, 0.15) is 23.7 Å². The van der Waals surface area contributed by atoms with Gasteiger partial charge in [-0.1, -0.05) is 12.1 Å². The first-order chi connectivity index (χ1) is 13.2. The molecule has 1 aromatic heterocycles. The highest BCUT2D eigenvalue weighted by Crippen LogP contribution is 2.25. The first-order valence-electron chi connectivity index (χ1n) is 9.32. The molecule has 0 N–H and O–H groups in total. The highest BCUT2D eigenvalue weighted by Gasteiger charge is 2.20. The summed E-state index contributed by atoms with van der Waals surface area (Å²) in [6.07, 6.45) is 1.56. The van der Waals surface area contributed by atoms with Crippen LogP contribution in [-0.4, -0.2) is 47.7 Å². The van der Waals surface area contributed by atoms with Crippen LogP contribution in [-0.2, 0) is 6.54 Å². The molecule has 0 radical (unpaired) electrons. The molecule has 4 rings (SSSR count). The van der Waals surface area contributed by atoms with E-state index in [9.17, 15) is 4.39 Å². The molecule has 0 atom stereocenters. The lowest BCUT2D eigenvalue weighted by Gasteiger charge is -2.35. The number of hydrogen-bond acceptors (Lipinski definition) is 5. The second-order valence-electron chi connectivity index (χ2n) is 6.70. The third-order valence-electron chi connectivity index (χ3n) is 4.89. The predicted molar refractivity (Wildman–Crippen MR) is 105 cm³/mol. The third-order valence-corrected chi connectivity index (χ3v) is 4.89. The zero-order chi connectivity index (χ0) is 18.6. The molecule has 0 amide bonds. The summed E-state index contributed by atoms with van der Waals surface area (Å²) in [4.78, 5) is 13.3. The Morgan fingerprint density at radius 3 is 2.52 bits per heavy atom. The molecule has 1 aliphatic rings. The van der Waals surface area contributed by atoms with Crippen molar-refractivity contribution in [1.29, 1.82) is 0 Å². The SMILES string of the molecule is CCOc1ccc(CN2CCN(c3ncnc4ccc(F)cc34)CC2)cc1. The highest BCUT2D eigenvalue weighted by molar-refractivity contribution is 5.89. The fourth-order valence-corrected chi connectivity index (χ4v) is 3.50. The van der Waals surface area contributed by atoms with E-state index >= 15 is 0 Å². The maximum absolute atomic E-state index is 13.7. The zero-order valence-electron chi connectivity index (χ0n) is 15.4. The van der Waals surface area contributed by atoms with Gasteiger partial charge in [-0.15, -0.1) is 0 Å². The molecule has 5 nitrogen and oxygen atoms in total. The van der Waals surface area contributed by atoms with Gasteiger partial charge in [-0.2, -0.15) is 0 Å². The number of rotatable bonds is 5. The first kappa shape index (κ1) is 17.7. The topological polar surface area (TPSA) is 41.5 Å². The van der Waals surface area contributed by atoms with Gasteiger partial charge in [0.15, 0.2) is 0 Å². The van der Waals surface area contributed by atoms with Gasteiger partial charge in [0.2, 0.25) is 0 Å². The molecule has 1 fully saturated rings. The number of nitrogens with zero attached hydrogens (tertiary/aromatic N) is 4. The minimum atomic E-state index is -0.257. The summed E-state index contributed by atoms with van der Waals surface area (Å²) in [6, 6.07) is 13.0. The van der Waals surface area contributed by atoms with E-state index in [-0.39, 0.29) is 5.82 Å². The summed E-state index contributed by atoms with van der Waals surface area (Å²) in [5.74, 6) is 1.47. The number of halogens is 1. The van der Waals surface area contributed by atoms with E-state index in [1.807, 2.05) is 19.1 Å². The van der Waals surface area contributed by atoms with Gasteiger partial charge in [0.25, 0.3) is 0 Å². The molecular formula is C21H23FN4O. The molecule has 2 heterocycles. The van der Waals surface area contributed by atoms with Crippen LogP contribution in [0.4, 0.5) is 10.2 Å². The Morgan fingerprint density at radius 1 is 1.00 bits per heavy atom. The molecule has 27 heavy (non-hydrogen) atoms. The molecule has 0 bridgehead atoms. The van der Waals surface area contributed by atoms with Crippen molar-refractivity contribution in [3.63, 3.8) is 0 Å². The fraction of sp³-hybridized carbons (Fsp3) is 0.333. The number of fused-ring (bicyclic) bond motifs is 1. The number of hydrogen-bond donors (Lipinski definition) is 0. The lowest BCUT2D eigenvalue weighted by Crippen LogP contribution is -2.46. The molecule has 1 aliphatic heterocycles. The molecule has 0 unspecified atom stereocenters. The van der Waals surface area contributed by atoms with Crippen molar-refractivity contribution in [3.05, 3.63) is 60.2 Å². The summed E-state index contributed by atoms with van der Waals surface area (Å²) >= 11 is 0. The number of benzene rings is 2. The molecule has 0 saturated carbocycles. The van der Waals surface area contributed by atoms with Crippen LogP contribution >= 0.6 is 0 Å². The van der Waals surface area contributed by atoms with Crippen LogP contribution in [0.5, 0.6) is 5.75 Å². The van der Waals surface area contributed by atoms with Crippen LogP contribution in [0, 0.1) is 5.82 Å². The van der Waals surface area contributed by atoms with Gasteiger partial charge in [0, 0.05) is 38.1 Å². The van der Waals surface area contributed by atoms with E-state index < -0.39 is 0 Å². The van der Waals surface area contributed by atoms with Crippen LogP contribution in [0.25, 0.3) is 10.9 Å². The molecule has 2 aromatic carbocycles. The van der Waals surface area contributed by atoms with Crippen LogP contribution in [0.1, 0.15) is 12.5 Å². The standard InChI is InChI=1S/C21H23FN4O/c1-2-27-18-6-3-16(4-7-18)14-25-9-11-26(12-10-25)21-19-13-17(22)5-8-20(19)23-15-24-21/h3-8,13,15H,2,9-12,14H2,1H3. The van der Waals surface area contributed by atoms with Crippen molar-refractivity contribution in [2.75, 3.05) is 37.7 Å². The smallest absolute Gasteiger partial charge is 0.140 e. The summed E-state index contributed by atoms with van der Waals surface area (Å²) in [5, 5.41) is 0.775. The van der Waals surface area contributed by atoms with Gasteiger partial charge in [-0.05, 0) is 42.8 Å². The van der Waals surface area contributed by atoms with Gasteiger partial charge in [-0.3, -0.25) is 4.90 Å². The Hall–Kier alpha value is -2.73. The van der Waals surface area contributed by atoms with E-state index in [4.69, 9.17) is 4.74 Å². The molecular weight excluding hydrogens is 343 g/mol. The van der Waals surface area contributed by atoms with Crippen molar-refractivity contribution in [1.82, 2.24) is 14.9 Å². The Kier molecular flexibility index (Phi) is 5.16. The van der Waals surface area contributed by atoms with Crippen molar-refractivity contribution >= 4 is 16.7 Å². The molecule has 0 aliphatic carbocycles. The van der Waals surface area contributed by atoms with Gasteiger partial charge in [-0.25, -0.2) is 14.4 Å². The predicted octanol–water partition coefficient (Wildman–Crippen LogP) is 3.49. The van der Waals surface area contributed by atoms with Crippen molar-refractivity contribution in [2.45, 2.75) is 13.5 Å². The lowest BCUT2D eigenvalue weighted by molar-refractivity contribution is 0.249. The average Bonchev–Trinajstić information content (AvgIpc) is 2.70. The summed E-state index contributed by atoms with van der Waals surface area (Å²) in [7, 11) is 0. The van der Waals surface area contributed by atoms with E-state index in [0.29, 0.717) is 6.61 Å². The van der Waals surface area contributed by atoms with Crippen LogP contribution in [0.2, 0.25) is 0 Å². The minimum Gasteiger partial charge on any atom is -0.494 e. The first-order valence-corrected chi connectivity index (χ1v) is 9.32. The quantitative estimate of drug-likeness (QED) is 0.691. The number of ether oxygens (including phenoxy) is 1. The van der Waals surface area contributed by atoms with Crippen molar-refractivity contribution < 1.29 is 9.13 Å². The molecule has 3 aromatic rings. The van der Waals surface area contributed by atoms with Gasteiger partial charge >= 0.3 is 0 Å². The van der Waals surface area contributed by atoms with Crippen LogP contribution < -0.4 is 9.64 Å². The van der Waals surface area contributed by atoms with Crippen molar-refractivity contribution in [2.24, 2.45) is 0 Å². The van der Waals surface area contributed by atoms with Crippen molar-refractivity contribution in [3.8, 4) is 5.75 Å². The largest absolute Gasteiger partial charge is 0.494 e. The number of piperazine rings is 1. The minimum absolute atomic E-state index is 0.257. The average molecular weight is 366 g/mol. The Bertz CT molecular complexity index is 908. The van der Waals surface area contributed by atoms with E-state index in [0.717, 1.165) is 55.2 Å². The number of anilines is 1. The summed E-state index contributed by atoms with van der Waals surface area (Å²) in [5.41, 5.74) is 2.06. The normalized spacial score (nSPS) is 15.3. The van der Waals surface area contributed by atoms with Crippen LogP contribution in [0.15, 0.2) is 48.8 Å². The molecule has 6 heteroatoms. The maximum atomic E-state index is 13.7. The second kappa shape index (κ2) is 7.88. The van der Waals surface area contributed by atoms with Gasteiger partial charge in [0.05, 0.1) is 12.1 Å². The molecule has 140 valence electrons. The monoisotopic (exact) mass is 366 g/mol. The van der Waals surface area contributed by atoms with E-state index in [1.165, 1.54) is 17.7 Å². The van der Waals surface area contributed by atoms with E-state index in [1.54, 1.807) is 12.4 Å². The molecule has 1 saturated heterocycles. The van der Waals surface area contributed by atoms with Gasteiger partial charge < -0.3 is 9.64 Å².